The van der Waals surface area contributed by atoms with Crippen molar-refractivity contribution < 1.29 is 4.74 Å². The SMILES string of the molecule is CN=C(NCc1ccccc1COC)NC(C)Cc1c(C)nn(C)c1C. The Balaban J connectivity index is 1.95. The fraction of sp³-hybridized carbons (Fsp3) is 0.500. The standard InChI is InChI=1S/C20H31N5O/c1-14(11-19-15(2)24-25(5)16(19)3)23-20(21-4)22-12-17-9-7-8-10-18(17)13-26-6/h7-10,14H,11-13H2,1-6H3,(H2,21,22,23). The van der Waals surface area contributed by atoms with E-state index < -0.39 is 0 Å². The molecule has 1 atom stereocenters. The van der Waals surface area contributed by atoms with Crippen molar-refractivity contribution in [2.45, 2.75) is 46.4 Å². The molecule has 1 aromatic carbocycles. The predicted octanol–water partition coefficient (Wildman–Crippen LogP) is 2.48. The summed E-state index contributed by atoms with van der Waals surface area (Å²) >= 11 is 0. The highest BCUT2D eigenvalue weighted by atomic mass is 16.5. The summed E-state index contributed by atoms with van der Waals surface area (Å²) in [5.41, 5.74) is 6.01. The molecule has 0 fully saturated rings. The Morgan fingerprint density at radius 2 is 1.96 bits per heavy atom. The van der Waals surface area contributed by atoms with Gasteiger partial charge in [0.05, 0.1) is 12.3 Å². The van der Waals surface area contributed by atoms with Gasteiger partial charge >= 0.3 is 0 Å². The van der Waals surface area contributed by atoms with Gasteiger partial charge in [0, 0.05) is 39.5 Å². The molecule has 6 heteroatoms. The van der Waals surface area contributed by atoms with E-state index in [1.54, 1.807) is 14.2 Å². The Kier molecular flexibility index (Phi) is 7.21. The summed E-state index contributed by atoms with van der Waals surface area (Å²) in [5, 5.41) is 11.4. The Morgan fingerprint density at radius 3 is 2.54 bits per heavy atom. The maximum absolute atomic E-state index is 5.28. The Bertz CT molecular complexity index is 751. The third kappa shape index (κ3) is 5.08. The van der Waals surface area contributed by atoms with Crippen LogP contribution in [0, 0.1) is 13.8 Å². The molecule has 0 amide bonds. The summed E-state index contributed by atoms with van der Waals surface area (Å²) in [6.45, 7) is 7.66. The van der Waals surface area contributed by atoms with E-state index in [9.17, 15) is 0 Å². The fourth-order valence-electron chi connectivity index (χ4n) is 3.10. The molecule has 1 unspecified atom stereocenters. The van der Waals surface area contributed by atoms with Gasteiger partial charge in [0.15, 0.2) is 5.96 Å². The van der Waals surface area contributed by atoms with Crippen LogP contribution in [0.5, 0.6) is 0 Å². The van der Waals surface area contributed by atoms with Gasteiger partial charge in [0.1, 0.15) is 0 Å². The Hall–Kier alpha value is -2.34. The lowest BCUT2D eigenvalue weighted by atomic mass is 10.1. The van der Waals surface area contributed by atoms with Gasteiger partial charge in [-0.2, -0.15) is 5.10 Å². The van der Waals surface area contributed by atoms with Crippen molar-refractivity contribution in [2.24, 2.45) is 12.0 Å². The van der Waals surface area contributed by atoms with Gasteiger partial charge < -0.3 is 15.4 Å². The minimum absolute atomic E-state index is 0.247. The molecule has 0 aliphatic heterocycles. The van der Waals surface area contributed by atoms with Crippen molar-refractivity contribution in [2.75, 3.05) is 14.2 Å². The first-order valence-electron chi connectivity index (χ1n) is 8.98. The van der Waals surface area contributed by atoms with E-state index in [1.165, 1.54) is 22.4 Å². The Morgan fingerprint density at radius 1 is 1.27 bits per heavy atom. The second-order valence-electron chi connectivity index (χ2n) is 6.65. The molecule has 26 heavy (non-hydrogen) atoms. The highest BCUT2D eigenvalue weighted by Gasteiger charge is 2.14. The lowest BCUT2D eigenvalue weighted by Gasteiger charge is -2.19. The second kappa shape index (κ2) is 9.38. The largest absolute Gasteiger partial charge is 0.380 e. The monoisotopic (exact) mass is 357 g/mol. The molecular weight excluding hydrogens is 326 g/mol. The van der Waals surface area contributed by atoms with Crippen molar-refractivity contribution in [1.29, 1.82) is 0 Å². The van der Waals surface area contributed by atoms with E-state index in [4.69, 9.17) is 4.74 Å². The Labute approximate surface area is 156 Å². The molecule has 0 bridgehead atoms. The zero-order valence-electron chi connectivity index (χ0n) is 16.8. The molecule has 2 aromatic rings. The third-order valence-electron chi connectivity index (χ3n) is 4.64. The van der Waals surface area contributed by atoms with Crippen LogP contribution in [0.4, 0.5) is 0 Å². The number of rotatable bonds is 7. The fourth-order valence-corrected chi connectivity index (χ4v) is 3.10. The normalized spacial score (nSPS) is 12.9. The van der Waals surface area contributed by atoms with Crippen LogP contribution in [0.3, 0.4) is 0 Å². The van der Waals surface area contributed by atoms with E-state index in [0.29, 0.717) is 13.2 Å². The summed E-state index contributed by atoms with van der Waals surface area (Å²) in [6.07, 6.45) is 0.909. The highest BCUT2D eigenvalue weighted by Crippen LogP contribution is 2.14. The first kappa shape index (κ1) is 20.0. The summed E-state index contributed by atoms with van der Waals surface area (Å²) in [7, 11) is 5.50. The van der Waals surface area contributed by atoms with Crippen molar-refractivity contribution in [3.63, 3.8) is 0 Å². The average Bonchev–Trinajstić information content (AvgIpc) is 2.86. The van der Waals surface area contributed by atoms with Gasteiger partial charge in [0.25, 0.3) is 0 Å². The number of hydrogen-bond donors (Lipinski definition) is 2. The van der Waals surface area contributed by atoms with Crippen LogP contribution in [0.15, 0.2) is 29.3 Å². The number of aromatic nitrogens is 2. The van der Waals surface area contributed by atoms with E-state index >= 15 is 0 Å². The van der Waals surface area contributed by atoms with Crippen LogP contribution >= 0.6 is 0 Å². The average molecular weight is 358 g/mol. The zero-order chi connectivity index (χ0) is 19.1. The lowest BCUT2D eigenvalue weighted by Crippen LogP contribution is -2.42. The highest BCUT2D eigenvalue weighted by molar-refractivity contribution is 5.80. The molecule has 142 valence electrons. The first-order valence-corrected chi connectivity index (χ1v) is 8.98. The first-order chi connectivity index (χ1) is 12.5. The number of nitrogens with zero attached hydrogens (tertiary/aromatic N) is 3. The van der Waals surface area contributed by atoms with Crippen LogP contribution < -0.4 is 10.6 Å². The molecule has 2 rings (SSSR count). The van der Waals surface area contributed by atoms with Crippen molar-refractivity contribution in [3.05, 3.63) is 52.3 Å². The summed E-state index contributed by atoms with van der Waals surface area (Å²) in [6, 6.07) is 8.53. The number of benzene rings is 1. The molecule has 0 aliphatic rings. The van der Waals surface area contributed by atoms with Crippen molar-refractivity contribution in [3.8, 4) is 0 Å². The van der Waals surface area contributed by atoms with Crippen LogP contribution in [0.2, 0.25) is 0 Å². The topological polar surface area (TPSA) is 63.5 Å². The second-order valence-corrected chi connectivity index (χ2v) is 6.65. The number of nitrogens with one attached hydrogen (secondary N) is 2. The number of guanidine groups is 1. The number of hydrogen-bond acceptors (Lipinski definition) is 3. The smallest absolute Gasteiger partial charge is 0.191 e. The van der Waals surface area contributed by atoms with Gasteiger partial charge in [-0.15, -0.1) is 0 Å². The quantitative estimate of drug-likeness (QED) is 0.590. The molecule has 1 heterocycles. The van der Waals surface area contributed by atoms with E-state index in [1.807, 2.05) is 23.9 Å². The molecule has 0 saturated heterocycles. The molecule has 0 radical (unpaired) electrons. The lowest BCUT2D eigenvalue weighted by molar-refractivity contribution is 0.184. The number of ether oxygens (including phenoxy) is 1. The van der Waals surface area contributed by atoms with Gasteiger partial charge in [-0.3, -0.25) is 9.67 Å². The van der Waals surface area contributed by atoms with Crippen LogP contribution in [0.25, 0.3) is 0 Å². The zero-order valence-corrected chi connectivity index (χ0v) is 16.8. The number of methoxy groups -OCH3 is 1. The van der Waals surface area contributed by atoms with Gasteiger partial charge in [-0.1, -0.05) is 24.3 Å². The summed E-state index contributed by atoms with van der Waals surface area (Å²) < 4.78 is 7.22. The van der Waals surface area contributed by atoms with E-state index in [0.717, 1.165) is 18.1 Å². The van der Waals surface area contributed by atoms with Crippen LogP contribution in [-0.4, -0.2) is 35.9 Å². The van der Waals surface area contributed by atoms with E-state index in [2.05, 4.69) is 53.6 Å². The number of aliphatic imine (C=N–C) groups is 1. The van der Waals surface area contributed by atoms with Gasteiger partial charge in [-0.25, -0.2) is 0 Å². The van der Waals surface area contributed by atoms with E-state index in [-0.39, 0.29) is 6.04 Å². The predicted molar refractivity (Wildman–Crippen MR) is 106 cm³/mol. The maximum atomic E-state index is 5.28. The van der Waals surface area contributed by atoms with Crippen molar-refractivity contribution in [1.82, 2.24) is 20.4 Å². The molecule has 1 aromatic heterocycles. The summed E-state index contributed by atoms with van der Waals surface area (Å²) in [5.74, 6) is 0.795. The minimum atomic E-state index is 0.247. The van der Waals surface area contributed by atoms with Gasteiger partial charge in [-0.05, 0) is 43.9 Å². The molecule has 2 N–H and O–H groups in total. The molecule has 0 spiro atoms. The molecule has 0 saturated carbocycles. The molecule has 6 nitrogen and oxygen atoms in total. The van der Waals surface area contributed by atoms with Crippen LogP contribution in [0.1, 0.15) is 35.0 Å². The van der Waals surface area contributed by atoms with Crippen LogP contribution in [-0.2, 0) is 31.4 Å². The molecule has 0 aliphatic carbocycles. The van der Waals surface area contributed by atoms with Crippen molar-refractivity contribution >= 4 is 5.96 Å². The number of aryl methyl sites for hydroxylation is 2. The maximum Gasteiger partial charge on any atom is 0.191 e. The summed E-state index contributed by atoms with van der Waals surface area (Å²) in [4.78, 5) is 4.35. The third-order valence-corrected chi connectivity index (χ3v) is 4.64. The molecular formula is C20H31N5O. The minimum Gasteiger partial charge on any atom is -0.380 e. The van der Waals surface area contributed by atoms with Gasteiger partial charge in [0.2, 0.25) is 0 Å².